The lowest BCUT2D eigenvalue weighted by molar-refractivity contribution is 0.713. The first-order chi connectivity index (χ1) is 8.22. The number of nitrogen functional groups attached to an aromatic ring is 1. The van der Waals surface area contributed by atoms with E-state index in [1.54, 1.807) is 0 Å². The minimum Gasteiger partial charge on any atom is -0.382 e. The van der Waals surface area contributed by atoms with Crippen LogP contribution in [-0.4, -0.2) is 11.0 Å². The highest BCUT2D eigenvalue weighted by molar-refractivity contribution is 5.67. The summed E-state index contributed by atoms with van der Waals surface area (Å²) in [5, 5.41) is 3.52. The normalized spacial score (nSPS) is 18.2. The van der Waals surface area contributed by atoms with E-state index in [0.29, 0.717) is 17.8 Å². The number of hydrogen-bond acceptors (Lipinski definition) is 3. The summed E-state index contributed by atoms with van der Waals surface area (Å²) in [5.74, 6) is 1.32. The van der Waals surface area contributed by atoms with Gasteiger partial charge in [0.25, 0.3) is 0 Å². The molecule has 0 aromatic carbocycles. The Kier molecular flexibility index (Phi) is 3.87. The van der Waals surface area contributed by atoms with Crippen molar-refractivity contribution in [3.8, 4) is 0 Å². The molecule has 1 unspecified atom stereocenters. The van der Waals surface area contributed by atoms with Crippen molar-refractivity contribution in [1.29, 1.82) is 0 Å². The fourth-order valence-corrected chi connectivity index (χ4v) is 2.58. The first-order valence-corrected chi connectivity index (χ1v) is 6.73. The first-order valence-electron chi connectivity index (χ1n) is 6.73. The number of hydrogen-bond donors (Lipinski definition) is 2. The second kappa shape index (κ2) is 5.39. The van der Waals surface area contributed by atoms with E-state index in [2.05, 4.69) is 30.2 Å². The van der Waals surface area contributed by atoms with Gasteiger partial charge in [0.1, 0.15) is 5.82 Å². The van der Waals surface area contributed by atoms with Gasteiger partial charge in [-0.05, 0) is 43.7 Å². The minimum atomic E-state index is 0.446. The van der Waals surface area contributed by atoms with Gasteiger partial charge in [-0.2, -0.15) is 0 Å². The molecule has 1 fully saturated rings. The van der Waals surface area contributed by atoms with E-state index in [1.165, 1.54) is 31.2 Å². The van der Waals surface area contributed by atoms with Crippen molar-refractivity contribution in [2.45, 2.75) is 57.9 Å². The lowest BCUT2D eigenvalue weighted by Crippen LogP contribution is -2.17. The fraction of sp³-hybridized carbons (Fsp3) is 0.643. The Labute approximate surface area is 104 Å². The smallest absolute Gasteiger partial charge is 0.147 e. The third-order valence-electron chi connectivity index (χ3n) is 3.81. The number of aromatic nitrogens is 1. The Balaban J connectivity index is 2.27. The number of anilines is 2. The van der Waals surface area contributed by atoms with Crippen molar-refractivity contribution in [1.82, 2.24) is 4.98 Å². The molecule has 1 atom stereocenters. The quantitative estimate of drug-likeness (QED) is 0.836. The third kappa shape index (κ3) is 2.71. The zero-order valence-corrected chi connectivity index (χ0v) is 10.9. The molecule has 3 N–H and O–H groups in total. The summed E-state index contributed by atoms with van der Waals surface area (Å²) >= 11 is 0. The predicted octanol–water partition coefficient (Wildman–Crippen LogP) is 3.53. The molecule has 1 aliphatic carbocycles. The van der Waals surface area contributed by atoms with Crippen LogP contribution in [0.1, 0.15) is 57.4 Å². The molecule has 94 valence electrons. The largest absolute Gasteiger partial charge is 0.382 e. The van der Waals surface area contributed by atoms with E-state index >= 15 is 0 Å². The van der Waals surface area contributed by atoms with Gasteiger partial charge in [0.15, 0.2) is 0 Å². The molecule has 1 saturated carbocycles. The number of pyridine rings is 1. The molecule has 1 aliphatic rings. The summed E-state index contributed by atoms with van der Waals surface area (Å²) in [4.78, 5) is 4.21. The molecule has 3 heteroatoms. The summed E-state index contributed by atoms with van der Waals surface area (Å²) < 4.78 is 0. The van der Waals surface area contributed by atoms with Crippen LogP contribution in [0.2, 0.25) is 0 Å². The van der Waals surface area contributed by atoms with E-state index in [9.17, 15) is 0 Å². The second-order valence-corrected chi connectivity index (χ2v) is 5.10. The lowest BCUT2D eigenvalue weighted by Gasteiger charge is -2.21. The summed E-state index contributed by atoms with van der Waals surface area (Å²) in [5.41, 5.74) is 8.47. The molecule has 17 heavy (non-hydrogen) atoms. The molecule has 0 aliphatic heterocycles. The van der Waals surface area contributed by atoms with Crippen molar-refractivity contribution in [3.63, 3.8) is 0 Å². The van der Waals surface area contributed by atoms with Crippen LogP contribution in [-0.2, 0) is 0 Å². The molecule has 2 rings (SSSR count). The number of nitrogens with one attached hydrogen (secondary N) is 1. The molecular formula is C14H23N3. The average Bonchev–Trinajstić information content (AvgIpc) is 2.85. The van der Waals surface area contributed by atoms with Crippen molar-refractivity contribution in [2.75, 3.05) is 11.1 Å². The molecule has 0 radical (unpaired) electrons. The van der Waals surface area contributed by atoms with Crippen LogP contribution in [0.25, 0.3) is 0 Å². The van der Waals surface area contributed by atoms with Gasteiger partial charge in [0, 0.05) is 12.2 Å². The van der Waals surface area contributed by atoms with Crippen LogP contribution in [0, 0.1) is 0 Å². The Morgan fingerprint density at radius 3 is 2.82 bits per heavy atom. The molecular weight excluding hydrogens is 210 g/mol. The number of nitrogens with two attached hydrogens (primary N) is 1. The molecule has 0 amide bonds. The van der Waals surface area contributed by atoms with Gasteiger partial charge in [-0.15, -0.1) is 0 Å². The van der Waals surface area contributed by atoms with E-state index in [4.69, 9.17) is 5.73 Å². The average molecular weight is 233 g/mol. The predicted molar refractivity (Wildman–Crippen MR) is 73.2 cm³/mol. The van der Waals surface area contributed by atoms with Gasteiger partial charge in [0.2, 0.25) is 0 Å². The fourth-order valence-electron chi connectivity index (χ4n) is 2.58. The minimum absolute atomic E-state index is 0.446. The van der Waals surface area contributed by atoms with Crippen molar-refractivity contribution < 1.29 is 0 Å². The summed E-state index contributed by atoms with van der Waals surface area (Å²) in [6.07, 6.45) is 8.20. The van der Waals surface area contributed by atoms with Crippen LogP contribution in [0.15, 0.2) is 12.3 Å². The highest BCUT2D eigenvalue weighted by atomic mass is 15.0. The number of nitrogens with zero attached hydrogens (tertiary/aromatic N) is 1. The van der Waals surface area contributed by atoms with Crippen LogP contribution >= 0.6 is 0 Å². The molecule has 0 spiro atoms. The summed E-state index contributed by atoms with van der Waals surface area (Å²) in [7, 11) is 0. The monoisotopic (exact) mass is 233 g/mol. The third-order valence-corrected chi connectivity index (χ3v) is 3.81. The Morgan fingerprint density at radius 1 is 1.47 bits per heavy atom. The van der Waals surface area contributed by atoms with Gasteiger partial charge >= 0.3 is 0 Å². The highest BCUT2D eigenvalue weighted by Gasteiger charge is 2.21. The topological polar surface area (TPSA) is 50.9 Å². The SMILES string of the molecule is CCC(C)Nc1c(C2CCCC2)ccnc1N. The summed E-state index contributed by atoms with van der Waals surface area (Å²) in [6, 6.07) is 2.58. The zero-order chi connectivity index (χ0) is 12.3. The standard InChI is InChI=1S/C14H23N3/c1-3-10(2)17-13-12(8-9-16-14(13)15)11-6-4-5-7-11/h8-11,17H,3-7H2,1-2H3,(H2,15,16). The molecule has 3 nitrogen and oxygen atoms in total. The maximum absolute atomic E-state index is 6.02. The van der Waals surface area contributed by atoms with E-state index in [1.807, 2.05) is 6.20 Å². The maximum atomic E-state index is 6.02. The Morgan fingerprint density at radius 2 is 2.18 bits per heavy atom. The van der Waals surface area contributed by atoms with E-state index < -0.39 is 0 Å². The second-order valence-electron chi connectivity index (χ2n) is 5.10. The van der Waals surface area contributed by atoms with Crippen LogP contribution in [0.5, 0.6) is 0 Å². The maximum Gasteiger partial charge on any atom is 0.147 e. The van der Waals surface area contributed by atoms with Crippen LogP contribution < -0.4 is 11.1 Å². The highest BCUT2D eigenvalue weighted by Crippen LogP contribution is 2.39. The Hall–Kier alpha value is -1.25. The van der Waals surface area contributed by atoms with Gasteiger partial charge in [0.05, 0.1) is 5.69 Å². The summed E-state index contributed by atoms with van der Waals surface area (Å²) in [6.45, 7) is 4.37. The van der Waals surface area contributed by atoms with Gasteiger partial charge < -0.3 is 11.1 Å². The Bertz CT molecular complexity index is 370. The zero-order valence-electron chi connectivity index (χ0n) is 10.9. The molecule has 0 bridgehead atoms. The van der Waals surface area contributed by atoms with Crippen LogP contribution in [0.3, 0.4) is 0 Å². The molecule has 1 aromatic heterocycles. The van der Waals surface area contributed by atoms with Crippen LogP contribution in [0.4, 0.5) is 11.5 Å². The van der Waals surface area contributed by atoms with E-state index in [-0.39, 0.29) is 0 Å². The van der Waals surface area contributed by atoms with Crippen molar-refractivity contribution in [2.24, 2.45) is 0 Å². The number of rotatable bonds is 4. The molecule has 1 aromatic rings. The first kappa shape index (κ1) is 12.2. The van der Waals surface area contributed by atoms with E-state index in [0.717, 1.165) is 12.1 Å². The van der Waals surface area contributed by atoms with Gasteiger partial charge in [-0.1, -0.05) is 19.8 Å². The molecule has 0 saturated heterocycles. The molecule has 1 heterocycles. The van der Waals surface area contributed by atoms with Crippen molar-refractivity contribution in [3.05, 3.63) is 17.8 Å². The lowest BCUT2D eigenvalue weighted by atomic mass is 9.96. The van der Waals surface area contributed by atoms with Gasteiger partial charge in [-0.25, -0.2) is 4.98 Å². The van der Waals surface area contributed by atoms with Gasteiger partial charge in [-0.3, -0.25) is 0 Å². The van der Waals surface area contributed by atoms with Crippen molar-refractivity contribution >= 4 is 11.5 Å².